The molecular formula is C12H20BrN3O2. The van der Waals surface area contributed by atoms with Crippen LogP contribution < -0.4 is 10.9 Å². The summed E-state index contributed by atoms with van der Waals surface area (Å²) in [5.41, 5.74) is 0.563. The number of rotatable bonds is 6. The van der Waals surface area contributed by atoms with Crippen molar-refractivity contribution in [1.29, 1.82) is 0 Å². The van der Waals surface area contributed by atoms with E-state index in [-0.39, 0.29) is 17.7 Å². The number of hydrogen-bond acceptors (Lipinski definition) is 4. The second-order valence-electron chi connectivity index (χ2n) is 4.63. The fourth-order valence-corrected chi connectivity index (χ4v) is 1.98. The van der Waals surface area contributed by atoms with E-state index in [1.54, 1.807) is 13.1 Å². The number of halogens is 1. The van der Waals surface area contributed by atoms with Gasteiger partial charge in [0.2, 0.25) is 0 Å². The first kappa shape index (κ1) is 15.2. The Bertz CT molecular complexity index is 443. The molecule has 0 aliphatic heterocycles. The average Bonchev–Trinajstić information content (AvgIpc) is 2.29. The van der Waals surface area contributed by atoms with E-state index < -0.39 is 0 Å². The lowest BCUT2D eigenvalue weighted by atomic mass is 10.2. The van der Waals surface area contributed by atoms with Crippen LogP contribution in [0.4, 0.5) is 5.69 Å². The monoisotopic (exact) mass is 317 g/mol. The van der Waals surface area contributed by atoms with Gasteiger partial charge in [-0.1, -0.05) is 0 Å². The lowest BCUT2D eigenvalue weighted by molar-refractivity contribution is 0.183. The summed E-state index contributed by atoms with van der Waals surface area (Å²) in [6.07, 6.45) is 2.94. The molecule has 0 radical (unpaired) electrons. The Labute approximate surface area is 115 Å². The molecule has 0 saturated carbocycles. The zero-order valence-corrected chi connectivity index (χ0v) is 12.6. The van der Waals surface area contributed by atoms with Gasteiger partial charge in [-0.25, -0.2) is 4.68 Å². The summed E-state index contributed by atoms with van der Waals surface area (Å²) in [6, 6.07) is 0.0399. The Kier molecular flexibility index (Phi) is 5.81. The fourth-order valence-electron chi connectivity index (χ4n) is 1.56. The topological polar surface area (TPSA) is 67.2 Å². The van der Waals surface area contributed by atoms with Crippen LogP contribution in [0, 0.1) is 0 Å². The number of aliphatic hydroxyl groups is 1. The van der Waals surface area contributed by atoms with Gasteiger partial charge >= 0.3 is 0 Å². The summed E-state index contributed by atoms with van der Waals surface area (Å²) in [7, 11) is 0. The van der Waals surface area contributed by atoms with Crippen molar-refractivity contribution in [3.63, 3.8) is 0 Å². The molecule has 102 valence electrons. The van der Waals surface area contributed by atoms with Gasteiger partial charge in [0, 0.05) is 6.54 Å². The van der Waals surface area contributed by atoms with Gasteiger partial charge in [0.05, 0.1) is 24.0 Å². The molecule has 1 rings (SSSR count). The maximum Gasteiger partial charge on any atom is 0.283 e. The molecule has 0 saturated heterocycles. The number of aliphatic hydroxyl groups excluding tert-OH is 1. The van der Waals surface area contributed by atoms with E-state index in [9.17, 15) is 4.79 Å². The van der Waals surface area contributed by atoms with Gasteiger partial charge in [0.1, 0.15) is 4.47 Å². The first-order chi connectivity index (χ1) is 8.43. The summed E-state index contributed by atoms with van der Waals surface area (Å²) < 4.78 is 1.94. The van der Waals surface area contributed by atoms with Crippen molar-refractivity contribution in [2.45, 2.75) is 45.8 Å². The lowest BCUT2D eigenvalue weighted by Gasteiger charge is -2.12. The minimum absolute atomic E-state index is 0.0399. The Morgan fingerprint density at radius 3 is 2.72 bits per heavy atom. The van der Waals surface area contributed by atoms with Crippen LogP contribution in [0.25, 0.3) is 0 Å². The molecular weight excluding hydrogens is 298 g/mol. The van der Waals surface area contributed by atoms with E-state index in [0.717, 1.165) is 12.8 Å². The number of hydrogen-bond donors (Lipinski definition) is 2. The van der Waals surface area contributed by atoms with Crippen LogP contribution in [-0.2, 0) is 0 Å². The smallest absolute Gasteiger partial charge is 0.283 e. The standard InChI is InChI=1S/C12H20BrN3O2/c1-8(2)16-12(18)11(13)10(7-15-16)14-6-4-5-9(3)17/h7-9,14,17H,4-6H2,1-3H3. The number of nitrogens with one attached hydrogen (secondary N) is 1. The van der Waals surface area contributed by atoms with Crippen molar-refractivity contribution in [3.8, 4) is 0 Å². The highest BCUT2D eigenvalue weighted by molar-refractivity contribution is 9.10. The van der Waals surface area contributed by atoms with Crippen LogP contribution in [0.3, 0.4) is 0 Å². The van der Waals surface area contributed by atoms with E-state index >= 15 is 0 Å². The largest absolute Gasteiger partial charge is 0.393 e. The van der Waals surface area contributed by atoms with Crippen LogP contribution in [0.1, 0.15) is 39.7 Å². The van der Waals surface area contributed by atoms with Crippen molar-refractivity contribution >= 4 is 21.6 Å². The van der Waals surface area contributed by atoms with Gasteiger partial charge in [0.25, 0.3) is 5.56 Å². The van der Waals surface area contributed by atoms with Gasteiger partial charge < -0.3 is 10.4 Å². The quantitative estimate of drug-likeness (QED) is 0.789. The number of aromatic nitrogens is 2. The van der Waals surface area contributed by atoms with Crippen LogP contribution in [0.2, 0.25) is 0 Å². The predicted molar refractivity (Wildman–Crippen MR) is 76.0 cm³/mol. The molecule has 1 heterocycles. The average molecular weight is 318 g/mol. The third kappa shape index (κ3) is 4.10. The summed E-state index contributed by atoms with van der Waals surface area (Å²) in [5.74, 6) is 0. The molecule has 1 aromatic rings. The molecule has 0 aliphatic rings. The molecule has 0 amide bonds. The number of nitrogens with zero attached hydrogens (tertiary/aromatic N) is 2. The molecule has 2 N–H and O–H groups in total. The highest BCUT2D eigenvalue weighted by Crippen LogP contribution is 2.17. The Hall–Kier alpha value is -0.880. The van der Waals surface area contributed by atoms with Crippen molar-refractivity contribution in [2.75, 3.05) is 11.9 Å². The van der Waals surface area contributed by atoms with E-state index in [1.807, 2.05) is 13.8 Å². The Morgan fingerprint density at radius 1 is 1.50 bits per heavy atom. The molecule has 0 fully saturated rings. The SMILES string of the molecule is CC(O)CCCNc1cnn(C(C)C)c(=O)c1Br. The number of anilines is 1. The first-order valence-electron chi connectivity index (χ1n) is 6.12. The van der Waals surface area contributed by atoms with E-state index in [1.165, 1.54) is 4.68 Å². The summed E-state index contributed by atoms with van der Waals surface area (Å²) in [4.78, 5) is 11.9. The zero-order chi connectivity index (χ0) is 13.7. The maximum atomic E-state index is 11.9. The minimum atomic E-state index is -0.290. The highest BCUT2D eigenvalue weighted by atomic mass is 79.9. The Balaban J connectivity index is 2.68. The van der Waals surface area contributed by atoms with Crippen molar-refractivity contribution in [2.24, 2.45) is 0 Å². The van der Waals surface area contributed by atoms with Gasteiger partial charge in [-0.15, -0.1) is 0 Å². The maximum absolute atomic E-state index is 11.9. The molecule has 0 aromatic carbocycles. The lowest BCUT2D eigenvalue weighted by Crippen LogP contribution is -2.26. The molecule has 5 nitrogen and oxygen atoms in total. The molecule has 6 heteroatoms. The second-order valence-corrected chi connectivity index (χ2v) is 5.43. The van der Waals surface area contributed by atoms with Gasteiger partial charge in [0.15, 0.2) is 0 Å². The minimum Gasteiger partial charge on any atom is -0.393 e. The van der Waals surface area contributed by atoms with Crippen molar-refractivity contribution in [3.05, 3.63) is 21.0 Å². The fraction of sp³-hybridized carbons (Fsp3) is 0.667. The summed E-state index contributed by atoms with van der Waals surface area (Å²) >= 11 is 3.30. The zero-order valence-electron chi connectivity index (χ0n) is 11.0. The van der Waals surface area contributed by atoms with Crippen molar-refractivity contribution in [1.82, 2.24) is 9.78 Å². The van der Waals surface area contributed by atoms with Crippen LogP contribution in [-0.4, -0.2) is 27.5 Å². The molecule has 0 bridgehead atoms. The molecule has 1 unspecified atom stereocenters. The van der Waals surface area contributed by atoms with Gasteiger partial charge in [-0.2, -0.15) is 5.10 Å². The first-order valence-corrected chi connectivity index (χ1v) is 6.92. The second kappa shape index (κ2) is 6.89. The molecule has 1 atom stereocenters. The predicted octanol–water partition coefficient (Wildman–Crippen LogP) is 2.16. The molecule has 1 aromatic heterocycles. The van der Waals surface area contributed by atoms with E-state index in [2.05, 4.69) is 26.3 Å². The van der Waals surface area contributed by atoms with Crippen LogP contribution in [0.5, 0.6) is 0 Å². The Morgan fingerprint density at radius 2 is 2.17 bits per heavy atom. The molecule has 0 aliphatic carbocycles. The molecule has 18 heavy (non-hydrogen) atoms. The van der Waals surface area contributed by atoms with Gasteiger partial charge in [-0.05, 0) is 49.5 Å². The normalized spacial score (nSPS) is 12.8. The van der Waals surface area contributed by atoms with Crippen molar-refractivity contribution < 1.29 is 5.11 Å². The van der Waals surface area contributed by atoms with E-state index in [4.69, 9.17) is 5.11 Å². The molecule has 0 spiro atoms. The van der Waals surface area contributed by atoms with Gasteiger partial charge in [-0.3, -0.25) is 4.79 Å². The van der Waals surface area contributed by atoms with Crippen LogP contribution in [0.15, 0.2) is 15.5 Å². The summed E-state index contributed by atoms with van der Waals surface area (Å²) in [5, 5.41) is 16.4. The summed E-state index contributed by atoms with van der Waals surface area (Å²) in [6.45, 7) is 6.30. The third-order valence-electron chi connectivity index (χ3n) is 2.55. The third-order valence-corrected chi connectivity index (χ3v) is 3.31. The highest BCUT2D eigenvalue weighted by Gasteiger charge is 2.10. The van der Waals surface area contributed by atoms with E-state index in [0.29, 0.717) is 16.7 Å². The van der Waals surface area contributed by atoms with Crippen LogP contribution >= 0.6 is 15.9 Å².